The van der Waals surface area contributed by atoms with Gasteiger partial charge in [-0.05, 0) is 38.0 Å². The summed E-state index contributed by atoms with van der Waals surface area (Å²) in [5.41, 5.74) is 0.841. The van der Waals surface area contributed by atoms with Crippen LogP contribution in [0.15, 0.2) is 64.3 Å². The highest BCUT2D eigenvalue weighted by atomic mass is 32.2. The zero-order chi connectivity index (χ0) is 26.7. The molecule has 38 heavy (non-hydrogen) atoms. The number of hydrogen-bond donors (Lipinski definition) is 1. The van der Waals surface area contributed by atoms with Crippen LogP contribution in [0.4, 0.5) is 13.2 Å². The van der Waals surface area contributed by atoms with E-state index in [1.165, 1.54) is 22.4 Å². The van der Waals surface area contributed by atoms with Crippen molar-refractivity contribution in [3.63, 3.8) is 0 Å². The smallest absolute Gasteiger partial charge is 0.377 e. The summed E-state index contributed by atoms with van der Waals surface area (Å²) in [6.45, 7) is 2.25. The van der Waals surface area contributed by atoms with Gasteiger partial charge in [0.1, 0.15) is 17.0 Å². The van der Waals surface area contributed by atoms with Crippen LogP contribution in [-0.4, -0.2) is 44.3 Å². The molecule has 0 spiro atoms. The molecule has 2 aromatic heterocycles. The van der Waals surface area contributed by atoms with E-state index in [4.69, 9.17) is 9.26 Å². The lowest BCUT2D eigenvalue weighted by atomic mass is 10.1. The Hall–Kier alpha value is -3.64. The van der Waals surface area contributed by atoms with Crippen LogP contribution in [0.3, 0.4) is 0 Å². The molecule has 1 amide bonds. The standard InChI is InChI=1S/C26H24F3N5O3S/c1-16-22(23(33-37-16)17-7-3-2-4-8-17)24(35)30-14-21-31-32-25(38-15-20-11-6-12-36-20)34(21)19-10-5-9-18(13-19)26(27,28)29/h2-5,7-10,13,20H,6,11-12,14-15H2,1H3,(H,30,35). The Morgan fingerprint density at radius 1 is 1.16 bits per heavy atom. The molecular formula is C26H24F3N5O3S. The number of rotatable bonds is 8. The lowest BCUT2D eigenvalue weighted by Gasteiger charge is -2.14. The van der Waals surface area contributed by atoms with Crippen molar-refractivity contribution in [3.05, 3.63) is 77.3 Å². The fourth-order valence-corrected chi connectivity index (χ4v) is 5.25. The highest BCUT2D eigenvalue weighted by Crippen LogP contribution is 2.32. The third-order valence-electron chi connectivity index (χ3n) is 6.10. The van der Waals surface area contributed by atoms with Gasteiger partial charge in [-0.3, -0.25) is 9.36 Å². The Morgan fingerprint density at radius 2 is 1.97 bits per heavy atom. The summed E-state index contributed by atoms with van der Waals surface area (Å²) < 4.78 is 52.9. The summed E-state index contributed by atoms with van der Waals surface area (Å²) in [6.07, 6.45) is -2.59. The molecule has 0 radical (unpaired) electrons. The number of ether oxygens (including phenoxy) is 1. The molecule has 8 nitrogen and oxygen atoms in total. The van der Waals surface area contributed by atoms with E-state index in [0.717, 1.165) is 30.5 Å². The highest BCUT2D eigenvalue weighted by molar-refractivity contribution is 7.99. The zero-order valence-corrected chi connectivity index (χ0v) is 21.2. The minimum absolute atomic E-state index is 0.0442. The first kappa shape index (κ1) is 26.0. The Bertz CT molecular complexity index is 1420. The van der Waals surface area contributed by atoms with Crippen LogP contribution in [0.2, 0.25) is 0 Å². The van der Waals surface area contributed by atoms with Crippen molar-refractivity contribution in [2.75, 3.05) is 12.4 Å². The Kier molecular flexibility index (Phi) is 7.52. The molecule has 1 fully saturated rings. The van der Waals surface area contributed by atoms with Gasteiger partial charge in [0, 0.05) is 17.9 Å². The Morgan fingerprint density at radius 3 is 2.71 bits per heavy atom. The summed E-state index contributed by atoms with van der Waals surface area (Å²) in [5.74, 6) is 0.759. The van der Waals surface area contributed by atoms with Crippen LogP contribution < -0.4 is 5.32 Å². The number of aromatic nitrogens is 4. The van der Waals surface area contributed by atoms with Crippen molar-refractivity contribution >= 4 is 17.7 Å². The quantitative estimate of drug-likeness (QED) is 0.295. The summed E-state index contributed by atoms with van der Waals surface area (Å²) >= 11 is 1.35. The first-order valence-corrected chi connectivity index (χ1v) is 13.0. The van der Waals surface area contributed by atoms with Gasteiger partial charge in [-0.2, -0.15) is 13.2 Å². The average molecular weight is 544 g/mol. The molecule has 198 valence electrons. The lowest BCUT2D eigenvalue weighted by Crippen LogP contribution is -2.25. The second-order valence-corrected chi connectivity index (χ2v) is 9.73. The van der Waals surface area contributed by atoms with Crippen molar-refractivity contribution in [1.29, 1.82) is 0 Å². The molecule has 0 aliphatic carbocycles. The van der Waals surface area contributed by atoms with Crippen LogP contribution >= 0.6 is 11.8 Å². The van der Waals surface area contributed by atoms with Crippen molar-refractivity contribution in [2.45, 2.75) is 43.7 Å². The molecule has 3 heterocycles. The molecule has 1 aliphatic heterocycles. The molecule has 5 rings (SSSR count). The summed E-state index contributed by atoms with van der Waals surface area (Å²) in [7, 11) is 0. The molecule has 0 saturated carbocycles. The van der Waals surface area contributed by atoms with E-state index in [-0.39, 0.29) is 29.7 Å². The van der Waals surface area contributed by atoms with Gasteiger partial charge in [0.25, 0.3) is 5.91 Å². The van der Waals surface area contributed by atoms with Gasteiger partial charge in [-0.15, -0.1) is 10.2 Å². The van der Waals surface area contributed by atoms with Crippen molar-refractivity contribution in [3.8, 4) is 16.9 Å². The van der Waals surface area contributed by atoms with Crippen molar-refractivity contribution < 1.29 is 27.2 Å². The lowest BCUT2D eigenvalue weighted by molar-refractivity contribution is -0.137. The molecule has 1 saturated heterocycles. The fourth-order valence-electron chi connectivity index (χ4n) is 4.21. The van der Waals surface area contributed by atoms with E-state index >= 15 is 0 Å². The molecule has 1 aliphatic rings. The minimum Gasteiger partial charge on any atom is -0.377 e. The molecule has 0 bridgehead atoms. The minimum atomic E-state index is -4.51. The molecule has 1 atom stereocenters. The largest absolute Gasteiger partial charge is 0.416 e. The van der Waals surface area contributed by atoms with E-state index in [2.05, 4.69) is 20.7 Å². The predicted octanol–water partition coefficient (Wildman–Crippen LogP) is 5.45. The van der Waals surface area contributed by atoms with Gasteiger partial charge < -0.3 is 14.6 Å². The van der Waals surface area contributed by atoms with Gasteiger partial charge >= 0.3 is 6.18 Å². The molecule has 4 aromatic rings. The maximum atomic E-state index is 13.5. The summed E-state index contributed by atoms with van der Waals surface area (Å²) in [5, 5.41) is 15.7. The first-order valence-electron chi connectivity index (χ1n) is 12.0. The second kappa shape index (κ2) is 11.0. The second-order valence-electron chi connectivity index (χ2n) is 8.74. The number of aryl methyl sites for hydroxylation is 1. The van der Waals surface area contributed by atoms with E-state index in [9.17, 15) is 18.0 Å². The normalized spacial score (nSPS) is 15.6. The number of carbonyl (C=O) groups is 1. The SMILES string of the molecule is Cc1onc(-c2ccccc2)c1C(=O)NCc1nnc(SCC2CCCO2)n1-c1cccc(C(F)(F)F)c1. The van der Waals surface area contributed by atoms with Gasteiger partial charge in [0.2, 0.25) is 0 Å². The van der Waals surface area contributed by atoms with Gasteiger partial charge in [0.05, 0.1) is 23.9 Å². The van der Waals surface area contributed by atoms with Crippen LogP contribution in [0.25, 0.3) is 16.9 Å². The zero-order valence-electron chi connectivity index (χ0n) is 20.4. The third kappa shape index (κ3) is 5.60. The number of hydrogen-bond acceptors (Lipinski definition) is 7. The number of halogens is 3. The van der Waals surface area contributed by atoms with Gasteiger partial charge in [0.15, 0.2) is 11.0 Å². The van der Waals surface area contributed by atoms with Crippen LogP contribution in [0.5, 0.6) is 0 Å². The third-order valence-corrected chi connectivity index (χ3v) is 7.16. The first-order chi connectivity index (χ1) is 18.3. The van der Waals surface area contributed by atoms with Gasteiger partial charge in [-0.1, -0.05) is 53.3 Å². The summed E-state index contributed by atoms with van der Waals surface area (Å²) in [4.78, 5) is 13.2. The van der Waals surface area contributed by atoms with Crippen molar-refractivity contribution in [2.24, 2.45) is 0 Å². The molecule has 1 unspecified atom stereocenters. The maximum Gasteiger partial charge on any atom is 0.416 e. The fraction of sp³-hybridized carbons (Fsp3) is 0.308. The Labute approximate surface area is 220 Å². The number of alkyl halides is 3. The number of benzene rings is 2. The number of nitrogens with one attached hydrogen (secondary N) is 1. The van der Waals surface area contributed by atoms with E-state index in [1.807, 2.05) is 30.3 Å². The number of thioether (sulfide) groups is 1. The average Bonchev–Trinajstić information content (AvgIpc) is 3.66. The van der Waals surface area contributed by atoms with E-state index in [0.29, 0.717) is 29.0 Å². The number of carbonyl (C=O) groups excluding carboxylic acids is 1. The number of amides is 1. The van der Waals surface area contributed by atoms with E-state index in [1.54, 1.807) is 13.0 Å². The number of nitrogens with zero attached hydrogens (tertiary/aromatic N) is 4. The van der Waals surface area contributed by atoms with Crippen LogP contribution in [0, 0.1) is 6.92 Å². The van der Waals surface area contributed by atoms with Crippen LogP contribution in [0.1, 0.15) is 40.3 Å². The monoisotopic (exact) mass is 543 g/mol. The van der Waals surface area contributed by atoms with Gasteiger partial charge in [-0.25, -0.2) is 0 Å². The predicted molar refractivity (Wildman–Crippen MR) is 134 cm³/mol. The molecule has 1 N–H and O–H groups in total. The molecular weight excluding hydrogens is 519 g/mol. The maximum absolute atomic E-state index is 13.5. The molecule has 2 aromatic carbocycles. The Balaban J connectivity index is 1.42. The summed E-state index contributed by atoms with van der Waals surface area (Å²) in [6, 6.07) is 14.1. The van der Waals surface area contributed by atoms with Crippen LogP contribution in [-0.2, 0) is 17.5 Å². The van der Waals surface area contributed by atoms with E-state index < -0.39 is 17.6 Å². The van der Waals surface area contributed by atoms with Crippen molar-refractivity contribution in [1.82, 2.24) is 25.2 Å². The topological polar surface area (TPSA) is 95.1 Å². The molecule has 12 heteroatoms. The highest BCUT2D eigenvalue weighted by Gasteiger charge is 2.31.